The summed E-state index contributed by atoms with van der Waals surface area (Å²) in [6.07, 6.45) is 1.92. The molecule has 0 aromatic heterocycles. The first-order chi connectivity index (χ1) is 14.1. The SMILES string of the molecule is CC=C(C)C(=O)OC1CC2(C)OC2CCC2(C)OC2C2OC(=O)C(COC(C)=O)=C12. The zero-order valence-electron chi connectivity index (χ0n) is 18.0. The van der Waals surface area contributed by atoms with E-state index in [1.165, 1.54) is 6.92 Å². The Kier molecular flexibility index (Phi) is 5.05. The molecule has 1 aliphatic carbocycles. The second kappa shape index (κ2) is 7.20. The molecule has 3 heterocycles. The van der Waals surface area contributed by atoms with E-state index in [0.29, 0.717) is 17.6 Å². The van der Waals surface area contributed by atoms with E-state index < -0.39 is 41.3 Å². The molecule has 0 amide bonds. The Morgan fingerprint density at radius 1 is 1.20 bits per heavy atom. The topological polar surface area (TPSA) is 104 Å². The van der Waals surface area contributed by atoms with Gasteiger partial charge in [0.15, 0.2) is 6.10 Å². The van der Waals surface area contributed by atoms with Gasteiger partial charge in [-0.25, -0.2) is 9.59 Å². The van der Waals surface area contributed by atoms with Crippen LogP contribution in [0.25, 0.3) is 0 Å². The highest BCUT2D eigenvalue weighted by Gasteiger charge is 2.65. The molecule has 8 heteroatoms. The van der Waals surface area contributed by atoms with Crippen LogP contribution in [-0.2, 0) is 38.1 Å². The zero-order chi connectivity index (χ0) is 21.8. The number of allylic oxidation sites excluding steroid dienone is 1. The summed E-state index contributed by atoms with van der Waals surface area (Å²) >= 11 is 0. The van der Waals surface area contributed by atoms with Gasteiger partial charge in [0.25, 0.3) is 0 Å². The summed E-state index contributed by atoms with van der Waals surface area (Å²) in [7, 11) is 0. The van der Waals surface area contributed by atoms with E-state index in [9.17, 15) is 14.4 Å². The van der Waals surface area contributed by atoms with Gasteiger partial charge in [0.2, 0.25) is 0 Å². The lowest BCUT2D eigenvalue weighted by Crippen LogP contribution is -2.36. The first-order valence-corrected chi connectivity index (χ1v) is 10.3. The third kappa shape index (κ3) is 3.67. The molecular formula is C22H28O8. The minimum Gasteiger partial charge on any atom is -0.461 e. The van der Waals surface area contributed by atoms with Crippen molar-refractivity contribution in [3.8, 4) is 0 Å². The molecule has 4 aliphatic rings. The molecule has 0 bridgehead atoms. The van der Waals surface area contributed by atoms with Crippen molar-refractivity contribution in [2.75, 3.05) is 6.61 Å². The van der Waals surface area contributed by atoms with Crippen molar-refractivity contribution in [2.24, 2.45) is 0 Å². The van der Waals surface area contributed by atoms with Crippen molar-refractivity contribution in [3.05, 3.63) is 22.8 Å². The number of hydrogen-bond donors (Lipinski definition) is 0. The van der Waals surface area contributed by atoms with Gasteiger partial charge in [0, 0.05) is 24.5 Å². The standard InChI is InChI=1S/C22H28O8/c1-6-11(2)19(24)27-14-9-22(5)15(29-22)7-8-21(4)18(30-21)17-16(14)13(20(25)28-17)10-26-12(3)23/h6,14-15,17-18H,7-10H2,1-5H3. The van der Waals surface area contributed by atoms with Crippen LogP contribution < -0.4 is 0 Å². The van der Waals surface area contributed by atoms with Gasteiger partial charge in [-0.05, 0) is 40.5 Å². The van der Waals surface area contributed by atoms with Gasteiger partial charge in [-0.3, -0.25) is 4.79 Å². The Morgan fingerprint density at radius 3 is 2.60 bits per heavy atom. The molecule has 6 unspecified atom stereocenters. The Bertz CT molecular complexity index is 857. The lowest BCUT2D eigenvalue weighted by molar-refractivity contribution is -0.144. The lowest BCUT2D eigenvalue weighted by atomic mass is 9.83. The highest BCUT2D eigenvalue weighted by atomic mass is 16.7. The Hall–Kier alpha value is -2.19. The molecule has 4 rings (SSSR count). The fourth-order valence-corrected chi connectivity index (χ4v) is 4.47. The summed E-state index contributed by atoms with van der Waals surface area (Å²) in [4.78, 5) is 36.7. The van der Waals surface area contributed by atoms with E-state index in [0.717, 1.165) is 12.8 Å². The van der Waals surface area contributed by atoms with Gasteiger partial charge in [-0.15, -0.1) is 0 Å². The number of fused-ring (bicyclic) bond motifs is 4. The van der Waals surface area contributed by atoms with E-state index in [4.69, 9.17) is 23.7 Å². The van der Waals surface area contributed by atoms with Crippen molar-refractivity contribution in [3.63, 3.8) is 0 Å². The van der Waals surface area contributed by atoms with E-state index in [2.05, 4.69) is 0 Å². The van der Waals surface area contributed by atoms with Gasteiger partial charge in [-0.1, -0.05) is 6.08 Å². The molecule has 30 heavy (non-hydrogen) atoms. The summed E-state index contributed by atoms with van der Waals surface area (Å²) in [5.41, 5.74) is 0.283. The van der Waals surface area contributed by atoms with Crippen molar-refractivity contribution < 1.29 is 38.1 Å². The Balaban J connectivity index is 1.75. The lowest BCUT2D eigenvalue weighted by Gasteiger charge is -2.26. The normalized spacial score (nSPS) is 39.9. The Morgan fingerprint density at radius 2 is 1.93 bits per heavy atom. The van der Waals surface area contributed by atoms with Crippen LogP contribution >= 0.6 is 0 Å². The first kappa shape index (κ1) is 21.1. The summed E-state index contributed by atoms with van der Waals surface area (Å²) in [6.45, 7) is 8.43. The molecule has 164 valence electrons. The molecule has 0 N–H and O–H groups in total. The number of carbonyl (C=O) groups excluding carboxylic acids is 3. The number of hydrogen-bond acceptors (Lipinski definition) is 8. The summed E-state index contributed by atoms with van der Waals surface area (Å²) in [6, 6.07) is 0. The van der Waals surface area contributed by atoms with Crippen molar-refractivity contribution in [1.82, 2.24) is 0 Å². The molecule has 0 aromatic carbocycles. The van der Waals surface area contributed by atoms with E-state index >= 15 is 0 Å². The highest BCUT2D eigenvalue weighted by molar-refractivity contribution is 5.94. The quantitative estimate of drug-likeness (QED) is 0.295. The maximum absolute atomic E-state index is 12.7. The fraction of sp³-hybridized carbons (Fsp3) is 0.682. The first-order valence-electron chi connectivity index (χ1n) is 10.3. The predicted molar refractivity (Wildman–Crippen MR) is 103 cm³/mol. The van der Waals surface area contributed by atoms with Crippen LogP contribution in [0.1, 0.15) is 53.9 Å². The van der Waals surface area contributed by atoms with Gasteiger partial charge >= 0.3 is 17.9 Å². The number of ether oxygens (including phenoxy) is 5. The second-order valence-corrected chi connectivity index (χ2v) is 8.92. The van der Waals surface area contributed by atoms with Crippen LogP contribution in [0.5, 0.6) is 0 Å². The summed E-state index contributed by atoms with van der Waals surface area (Å²) < 4.78 is 28.6. The van der Waals surface area contributed by atoms with Crippen molar-refractivity contribution >= 4 is 17.9 Å². The Labute approximate surface area is 175 Å². The largest absolute Gasteiger partial charge is 0.461 e. The maximum atomic E-state index is 12.7. The molecule has 6 atom stereocenters. The number of epoxide rings is 2. The molecule has 0 aromatic rings. The van der Waals surface area contributed by atoms with Gasteiger partial charge < -0.3 is 23.7 Å². The monoisotopic (exact) mass is 420 g/mol. The summed E-state index contributed by atoms with van der Waals surface area (Å²) in [5.74, 6) is -1.56. The minimum atomic E-state index is -0.754. The van der Waals surface area contributed by atoms with Gasteiger partial charge in [0.1, 0.15) is 18.8 Å². The number of rotatable bonds is 4. The fourth-order valence-electron chi connectivity index (χ4n) is 4.47. The maximum Gasteiger partial charge on any atom is 0.338 e. The third-order valence-corrected chi connectivity index (χ3v) is 6.65. The van der Waals surface area contributed by atoms with E-state index in [-0.39, 0.29) is 24.4 Å². The number of esters is 3. The molecule has 8 nitrogen and oxygen atoms in total. The molecule has 0 radical (unpaired) electrons. The molecule has 0 spiro atoms. The van der Waals surface area contributed by atoms with Crippen molar-refractivity contribution in [1.29, 1.82) is 0 Å². The zero-order valence-corrected chi connectivity index (χ0v) is 18.0. The minimum absolute atomic E-state index is 0.0373. The van der Waals surface area contributed by atoms with Crippen LogP contribution in [0.2, 0.25) is 0 Å². The molecule has 1 saturated carbocycles. The average molecular weight is 420 g/mol. The van der Waals surface area contributed by atoms with Crippen LogP contribution in [-0.4, -0.2) is 60.1 Å². The third-order valence-electron chi connectivity index (χ3n) is 6.65. The summed E-state index contributed by atoms with van der Waals surface area (Å²) in [5, 5.41) is 0. The van der Waals surface area contributed by atoms with Gasteiger partial charge in [0.05, 0.1) is 22.9 Å². The van der Waals surface area contributed by atoms with Gasteiger partial charge in [-0.2, -0.15) is 0 Å². The second-order valence-electron chi connectivity index (χ2n) is 8.92. The molecule has 3 aliphatic heterocycles. The number of carbonyl (C=O) groups is 3. The van der Waals surface area contributed by atoms with Crippen LogP contribution in [0.15, 0.2) is 22.8 Å². The van der Waals surface area contributed by atoms with E-state index in [1.807, 2.05) is 13.8 Å². The average Bonchev–Trinajstić information content (AvgIpc) is 3.50. The molecule has 3 fully saturated rings. The molecule has 2 saturated heterocycles. The van der Waals surface area contributed by atoms with E-state index in [1.54, 1.807) is 19.9 Å². The van der Waals surface area contributed by atoms with Crippen molar-refractivity contribution in [2.45, 2.75) is 89.5 Å². The van der Waals surface area contributed by atoms with Crippen LogP contribution in [0.3, 0.4) is 0 Å². The predicted octanol–water partition coefficient (Wildman–Crippen LogP) is 2.15. The smallest absolute Gasteiger partial charge is 0.338 e. The highest BCUT2D eigenvalue weighted by Crippen LogP contribution is 2.54. The molecular weight excluding hydrogens is 392 g/mol. The van der Waals surface area contributed by atoms with Crippen LogP contribution in [0.4, 0.5) is 0 Å². The van der Waals surface area contributed by atoms with Crippen LogP contribution in [0, 0.1) is 0 Å².